The summed E-state index contributed by atoms with van der Waals surface area (Å²) in [6.07, 6.45) is 1.97. The van der Waals surface area contributed by atoms with E-state index in [4.69, 9.17) is 4.74 Å². The van der Waals surface area contributed by atoms with Crippen LogP contribution in [0.1, 0.15) is 25.3 Å². The van der Waals surface area contributed by atoms with Gasteiger partial charge in [-0.15, -0.1) is 0 Å². The molecule has 6 nitrogen and oxygen atoms in total. The van der Waals surface area contributed by atoms with Crippen molar-refractivity contribution in [2.24, 2.45) is 0 Å². The van der Waals surface area contributed by atoms with Crippen molar-refractivity contribution < 1.29 is 14.5 Å². The highest BCUT2D eigenvalue weighted by Crippen LogP contribution is 2.33. The molecule has 1 aliphatic rings. The lowest BCUT2D eigenvalue weighted by atomic mass is 9.76. The number of carbonyl (C=O) groups excluding carboxylic acids is 1. The first-order valence-electron chi connectivity index (χ1n) is 8.68. The predicted octanol–water partition coefficient (Wildman–Crippen LogP) is 3.55. The highest BCUT2D eigenvalue weighted by Gasteiger charge is 2.34. The van der Waals surface area contributed by atoms with Crippen molar-refractivity contribution >= 4 is 11.6 Å². The van der Waals surface area contributed by atoms with E-state index in [9.17, 15) is 14.9 Å². The van der Waals surface area contributed by atoms with E-state index in [1.54, 1.807) is 12.1 Å². The molecule has 0 N–H and O–H groups in total. The second-order valence-electron chi connectivity index (χ2n) is 6.89. The van der Waals surface area contributed by atoms with Gasteiger partial charge in [0.15, 0.2) is 6.61 Å². The Morgan fingerprint density at radius 3 is 2.73 bits per heavy atom. The Morgan fingerprint density at radius 2 is 2.00 bits per heavy atom. The molecule has 0 saturated carbocycles. The number of non-ortho nitro benzene ring substituents is 1. The molecule has 1 heterocycles. The monoisotopic (exact) mass is 354 g/mol. The third kappa shape index (κ3) is 4.02. The normalized spacial score (nSPS) is 19.8. The van der Waals surface area contributed by atoms with Gasteiger partial charge in [0.25, 0.3) is 11.6 Å². The van der Waals surface area contributed by atoms with E-state index in [1.165, 1.54) is 17.7 Å². The Hall–Kier alpha value is -2.89. The van der Waals surface area contributed by atoms with Crippen molar-refractivity contribution in [3.63, 3.8) is 0 Å². The molecule has 0 aliphatic carbocycles. The van der Waals surface area contributed by atoms with E-state index in [-0.39, 0.29) is 23.6 Å². The number of hydrogen-bond acceptors (Lipinski definition) is 4. The maximum atomic E-state index is 12.6. The molecular formula is C20H22N2O4. The number of nitro benzene ring substituents is 1. The summed E-state index contributed by atoms with van der Waals surface area (Å²) in [4.78, 5) is 24.7. The summed E-state index contributed by atoms with van der Waals surface area (Å²) in [5.41, 5.74) is 1.11. The van der Waals surface area contributed by atoms with E-state index in [0.717, 1.165) is 12.8 Å². The van der Waals surface area contributed by atoms with Crippen molar-refractivity contribution in [3.8, 4) is 5.75 Å². The van der Waals surface area contributed by atoms with Crippen LogP contribution in [0.15, 0.2) is 54.6 Å². The molecule has 136 valence electrons. The van der Waals surface area contributed by atoms with E-state index < -0.39 is 4.92 Å². The smallest absolute Gasteiger partial charge is 0.273 e. The number of nitrogens with zero attached hydrogens (tertiary/aromatic N) is 2. The van der Waals surface area contributed by atoms with Crippen LogP contribution in [0.4, 0.5) is 5.69 Å². The lowest BCUT2D eigenvalue weighted by Gasteiger charge is -2.41. The molecule has 0 radical (unpaired) electrons. The molecule has 0 bridgehead atoms. The van der Waals surface area contributed by atoms with Crippen molar-refractivity contribution in [1.29, 1.82) is 0 Å². The number of amides is 1. The van der Waals surface area contributed by atoms with Crippen molar-refractivity contribution in [1.82, 2.24) is 4.90 Å². The number of benzene rings is 2. The number of rotatable bonds is 5. The van der Waals surface area contributed by atoms with Gasteiger partial charge >= 0.3 is 0 Å². The molecule has 1 atom stereocenters. The first-order valence-corrected chi connectivity index (χ1v) is 8.68. The zero-order valence-corrected chi connectivity index (χ0v) is 14.8. The molecule has 1 aliphatic heterocycles. The summed E-state index contributed by atoms with van der Waals surface area (Å²) in [5, 5.41) is 10.8. The molecular weight excluding hydrogens is 332 g/mol. The number of hydrogen-bond donors (Lipinski definition) is 0. The SMILES string of the molecule is C[C@]1(c2ccccc2)CCCN(C(=O)COc2cccc([N+](=O)[O-])c2)C1. The molecule has 1 saturated heterocycles. The van der Waals surface area contributed by atoms with Crippen LogP contribution in [0.25, 0.3) is 0 Å². The summed E-state index contributed by atoms with van der Waals surface area (Å²) in [7, 11) is 0. The summed E-state index contributed by atoms with van der Waals surface area (Å²) in [6, 6.07) is 16.1. The van der Waals surface area contributed by atoms with Crippen LogP contribution >= 0.6 is 0 Å². The molecule has 0 spiro atoms. The minimum absolute atomic E-state index is 0.0513. The lowest BCUT2D eigenvalue weighted by molar-refractivity contribution is -0.384. The minimum Gasteiger partial charge on any atom is -0.484 e. The molecule has 26 heavy (non-hydrogen) atoms. The number of nitro groups is 1. The fourth-order valence-electron chi connectivity index (χ4n) is 3.45. The third-order valence-corrected chi connectivity index (χ3v) is 4.91. The Morgan fingerprint density at radius 1 is 1.23 bits per heavy atom. The number of carbonyl (C=O) groups is 1. The summed E-state index contributed by atoms with van der Waals surface area (Å²) in [5.74, 6) is 0.230. The molecule has 1 amide bonds. The summed E-state index contributed by atoms with van der Waals surface area (Å²) in [6.45, 7) is 3.42. The van der Waals surface area contributed by atoms with Crippen molar-refractivity contribution in [2.45, 2.75) is 25.2 Å². The molecule has 0 aromatic heterocycles. The summed E-state index contributed by atoms with van der Waals surface area (Å²) >= 11 is 0. The van der Waals surface area contributed by atoms with Gasteiger partial charge in [-0.05, 0) is 24.5 Å². The minimum atomic E-state index is -0.482. The lowest BCUT2D eigenvalue weighted by Crippen LogP contribution is -2.48. The predicted molar refractivity (Wildman–Crippen MR) is 98.2 cm³/mol. The van der Waals surface area contributed by atoms with Gasteiger partial charge in [0.2, 0.25) is 0 Å². The van der Waals surface area contributed by atoms with Gasteiger partial charge in [-0.3, -0.25) is 14.9 Å². The van der Waals surface area contributed by atoms with Gasteiger partial charge in [-0.1, -0.05) is 43.3 Å². The highest BCUT2D eigenvalue weighted by molar-refractivity contribution is 5.78. The molecule has 2 aromatic rings. The van der Waals surface area contributed by atoms with Gasteiger partial charge in [0.1, 0.15) is 5.75 Å². The Bertz CT molecular complexity index is 793. The van der Waals surface area contributed by atoms with Crippen LogP contribution in [-0.4, -0.2) is 35.4 Å². The molecule has 0 unspecified atom stereocenters. The number of ether oxygens (including phenoxy) is 1. The van der Waals surface area contributed by atoms with Crippen molar-refractivity contribution in [2.75, 3.05) is 19.7 Å². The zero-order chi connectivity index (χ0) is 18.6. The molecule has 1 fully saturated rings. The number of piperidine rings is 1. The van der Waals surface area contributed by atoms with Gasteiger partial charge in [-0.2, -0.15) is 0 Å². The van der Waals surface area contributed by atoms with E-state index in [0.29, 0.717) is 18.8 Å². The van der Waals surface area contributed by atoms with Crippen LogP contribution < -0.4 is 4.74 Å². The topological polar surface area (TPSA) is 72.7 Å². The third-order valence-electron chi connectivity index (χ3n) is 4.91. The first kappa shape index (κ1) is 17.9. The number of likely N-dealkylation sites (tertiary alicyclic amines) is 1. The Kier molecular flexibility index (Phi) is 5.21. The largest absolute Gasteiger partial charge is 0.484 e. The maximum Gasteiger partial charge on any atom is 0.273 e. The van der Waals surface area contributed by atoms with Gasteiger partial charge in [-0.25, -0.2) is 0 Å². The quantitative estimate of drug-likeness (QED) is 0.608. The molecule has 6 heteroatoms. The summed E-state index contributed by atoms with van der Waals surface area (Å²) < 4.78 is 5.49. The fourth-order valence-corrected chi connectivity index (χ4v) is 3.45. The fraction of sp³-hybridized carbons (Fsp3) is 0.350. The second kappa shape index (κ2) is 7.56. The van der Waals surface area contributed by atoms with Crippen LogP contribution in [0.2, 0.25) is 0 Å². The average Bonchev–Trinajstić information content (AvgIpc) is 2.67. The van der Waals surface area contributed by atoms with Crippen LogP contribution in [0, 0.1) is 10.1 Å². The van der Waals surface area contributed by atoms with Gasteiger partial charge in [0, 0.05) is 24.6 Å². The first-order chi connectivity index (χ1) is 12.5. The molecule has 2 aromatic carbocycles. The van der Waals surface area contributed by atoms with Crippen molar-refractivity contribution in [3.05, 3.63) is 70.3 Å². The molecule has 3 rings (SSSR count). The average molecular weight is 354 g/mol. The van der Waals surface area contributed by atoms with Gasteiger partial charge in [0.05, 0.1) is 11.0 Å². The van der Waals surface area contributed by atoms with E-state index in [2.05, 4.69) is 19.1 Å². The second-order valence-corrected chi connectivity index (χ2v) is 6.89. The standard InChI is InChI=1S/C20H22N2O4/c1-20(16-7-3-2-4-8-16)11-6-12-21(15-20)19(23)14-26-18-10-5-9-17(13-18)22(24)25/h2-5,7-10,13H,6,11-12,14-15H2,1H3/t20-/m0/s1. The van der Waals surface area contributed by atoms with Crippen LogP contribution in [0.5, 0.6) is 5.75 Å². The van der Waals surface area contributed by atoms with Crippen LogP contribution in [0.3, 0.4) is 0 Å². The van der Waals surface area contributed by atoms with Crippen LogP contribution in [-0.2, 0) is 10.2 Å². The Balaban J connectivity index is 1.63. The Labute approximate surface area is 152 Å². The van der Waals surface area contributed by atoms with E-state index >= 15 is 0 Å². The van der Waals surface area contributed by atoms with Gasteiger partial charge < -0.3 is 9.64 Å². The van der Waals surface area contributed by atoms with E-state index in [1.807, 2.05) is 23.1 Å². The zero-order valence-electron chi connectivity index (χ0n) is 14.8. The maximum absolute atomic E-state index is 12.6. The highest BCUT2D eigenvalue weighted by atomic mass is 16.6.